The zero-order valence-electron chi connectivity index (χ0n) is 10.8. The molecule has 0 saturated carbocycles. The van der Waals surface area contributed by atoms with Crippen LogP contribution in [0.5, 0.6) is 5.75 Å². The second-order valence-corrected chi connectivity index (χ2v) is 4.08. The Hall–Kier alpha value is -1.06. The first-order chi connectivity index (χ1) is 8.31. The van der Waals surface area contributed by atoms with Crippen molar-refractivity contribution in [1.29, 1.82) is 0 Å². The Kier molecular flexibility index (Phi) is 6.67. The van der Waals surface area contributed by atoms with Gasteiger partial charge in [-0.3, -0.25) is 0 Å². The van der Waals surface area contributed by atoms with Crippen LogP contribution in [0.4, 0.5) is 0 Å². The van der Waals surface area contributed by atoms with Gasteiger partial charge in [-0.15, -0.1) is 0 Å². The molecule has 1 aromatic rings. The fourth-order valence-electron chi connectivity index (χ4n) is 1.72. The van der Waals surface area contributed by atoms with Gasteiger partial charge in [0.2, 0.25) is 0 Å². The number of methoxy groups -OCH3 is 1. The molecule has 3 nitrogen and oxygen atoms in total. The van der Waals surface area contributed by atoms with Crippen LogP contribution in [0.25, 0.3) is 0 Å². The van der Waals surface area contributed by atoms with E-state index in [4.69, 9.17) is 15.2 Å². The van der Waals surface area contributed by atoms with Crippen molar-refractivity contribution in [2.24, 2.45) is 5.73 Å². The van der Waals surface area contributed by atoms with Gasteiger partial charge in [0.15, 0.2) is 0 Å². The van der Waals surface area contributed by atoms with Gasteiger partial charge in [-0.25, -0.2) is 0 Å². The fourth-order valence-corrected chi connectivity index (χ4v) is 1.72. The molecule has 0 aliphatic heterocycles. The Morgan fingerprint density at radius 3 is 2.76 bits per heavy atom. The first kappa shape index (κ1) is 14.0. The molecule has 0 radical (unpaired) electrons. The van der Waals surface area contributed by atoms with Gasteiger partial charge in [0, 0.05) is 13.2 Å². The maximum Gasteiger partial charge on any atom is 0.119 e. The minimum atomic E-state index is -0.0260. The molecular weight excluding hydrogens is 214 g/mol. The Labute approximate surface area is 104 Å². The Bertz CT molecular complexity index is 315. The lowest BCUT2D eigenvalue weighted by Gasteiger charge is -2.17. The molecule has 0 aromatic heterocycles. The summed E-state index contributed by atoms with van der Waals surface area (Å²) in [5.74, 6) is 0.845. The summed E-state index contributed by atoms with van der Waals surface area (Å²) in [5.41, 5.74) is 6.83. The topological polar surface area (TPSA) is 44.5 Å². The summed E-state index contributed by atoms with van der Waals surface area (Å²) in [5, 5.41) is 0. The third-order valence-corrected chi connectivity index (χ3v) is 2.75. The number of unbranched alkanes of at least 4 members (excludes halogenated alkanes) is 2. The van der Waals surface area contributed by atoms with Gasteiger partial charge in [0.25, 0.3) is 0 Å². The van der Waals surface area contributed by atoms with E-state index < -0.39 is 0 Å². The van der Waals surface area contributed by atoms with Crippen molar-refractivity contribution >= 4 is 0 Å². The molecule has 0 spiro atoms. The zero-order chi connectivity index (χ0) is 12.5. The lowest BCUT2D eigenvalue weighted by molar-refractivity contribution is 0.0558. The summed E-state index contributed by atoms with van der Waals surface area (Å²) in [6, 6.07) is 7.90. The van der Waals surface area contributed by atoms with Crippen molar-refractivity contribution in [3.8, 4) is 5.75 Å². The van der Waals surface area contributed by atoms with E-state index in [1.54, 1.807) is 7.11 Å². The predicted octanol–water partition coefficient (Wildman–Crippen LogP) is 2.90. The molecule has 2 N–H and O–H groups in total. The lowest BCUT2D eigenvalue weighted by atomic mass is 10.1. The normalized spacial score (nSPS) is 12.4. The van der Waals surface area contributed by atoms with Crippen molar-refractivity contribution in [3.63, 3.8) is 0 Å². The third-order valence-electron chi connectivity index (χ3n) is 2.75. The minimum Gasteiger partial charge on any atom is -0.497 e. The average molecular weight is 237 g/mol. The molecule has 0 saturated heterocycles. The van der Waals surface area contributed by atoms with Crippen LogP contribution in [0.2, 0.25) is 0 Å². The fraction of sp³-hybridized carbons (Fsp3) is 0.571. The molecule has 0 fully saturated rings. The first-order valence-corrected chi connectivity index (χ1v) is 6.27. The van der Waals surface area contributed by atoms with Crippen LogP contribution in [0, 0.1) is 0 Å². The summed E-state index contributed by atoms with van der Waals surface area (Å²) in [4.78, 5) is 0. The molecular formula is C14H23NO2. The quantitative estimate of drug-likeness (QED) is 0.707. The van der Waals surface area contributed by atoms with Gasteiger partial charge in [-0.1, -0.05) is 31.9 Å². The summed E-state index contributed by atoms with van der Waals surface area (Å²) in [6.45, 7) is 3.45. The van der Waals surface area contributed by atoms with Crippen LogP contribution in [0.15, 0.2) is 24.3 Å². The van der Waals surface area contributed by atoms with E-state index >= 15 is 0 Å². The molecule has 1 rings (SSSR count). The highest BCUT2D eigenvalue weighted by atomic mass is 16.5. The van der Waals surface area contributed by atoms with E-state index in [-0.39, 0.29) is 6.10 Å². The molecule has 0 bridgehead atoms. The second kappa shape index (κ2) is 8.09. The number of benzene rings is 1. The summed E-state index contributed by atoms with van der Waals surface area (Å²) < 4.78 is 11.0. The Balaban J connectivity index is 2.53. The van der Waals surface area contributed by atoms with Crippen LogP contribution >= 0.6 is 0 Å². The molecule has 17 heavy (non-hydrogen) atoms. The lowest BCUT2D eigenvalue weighted by Crippen LogP contribution is -2.16. The smallest absolute Gasteiger partial charge is 0.119 e. The van der Waals surface area contributed by atoms with E-state index in [0.29, 0.717) is 6.54 Å². The van der Waals surface area contributed by atoms with Crippen molar-refractivity contribution in [2.45, 2.75) is 32.3 Å². The molecule has 3 heteroatoms. The van der Waals surface area contributed by atoms with Gasteiger partial charge in [0.05, 0.1) is 13.2 Å². The van der Waals surface area contributed by atoms with Gasteiger partial charge in [-0.05, 0) is 24.1 Å². The zero-order valence-corrected chi connectivity index (χ0v) is 10.8. The molecule has 1 atom stereocenters. The third kappa shape index (κ3) is 4.75. The minimum absolute atomic E-state index is 0.0260. The number of rotatable bonds is 8. The molecule has 0 amide bonds. The van der Waals surface area contributed by atoms with Crippen molar-refractivity contribution in [1.82, 2.24) is 0 Å². The summed E-state index contributed by atoms with van der Waals surface area (Å²) >= 11 is 0. The molecule has 1 aromatic carbocycles. The monoisotopic (exact) mass is 237 g/mol. The van der Waals surface area contributed by atoms with Crippen molar-refractivity contribution in [2.75, 3.05) is 20.3 Å². The number of nitrogens with two attached hydrogens (primary N) is 1. The van der Waals surface area contributed by atoms with Crippen molar-refractivity contribution in [3.05, 3.63) is 29.8 Å². The highest BCUT2D eigenvalue weighted by molar-refractivity contribution is 5.30. The van der Waals surface area contributed by atoms with E-state index in [9.17, 15) is 0 Å². The molecule has 0 aliphatic carbocycles. The highest BCUT2D eigenvalue weighted by Crippen LogP contribution is 2.21. The molecule has 0 heterocycles. The van der Waals surface area contributed by atoms with E-state index in [1.807, 2.05) is 24.3 Å². The largest absolute Gasteiger partial charge is 0.497 e. The van der Waals surface area contributed by atoms with Gasteiger partial charge in [0.1, 0.15) is 5.75 Å². The average Bonchev–Trinajstić information content (AvgIpc) is 2.39. The van der Waals surface area contributed by atoms with Crippen LogP contribution in [-0.4, -0.2) is 20.3 Å². The first-order valence-electron chi connectivity index (χ1n) is 6.27. The summed E-state index contributed by atoms with van der Waals surface area (Å²) in [7, 11) is 1.67. The van der Waals surface area contributed by atoms with Crippen LogP contribution in [-0.2, 0) is 4.74 Å². The molecule has 0 aliphatic rings. The van der Waals surface area contributed by atoms with E-state index in [1.165, 1.54) is 12.8 Å². The molecule has 96 valence electrons. The SMILES string of the molecule is CCCCCOC(CN)c1cccc(OC)c1. The maximum absolute atomic E-state index is 5.80. The van der Waals surface area contributed by atoms with Crippen molar-refractivity contribution < 1.29 is 9.47 Å². The maximum atomic E-state index is 5.80. The van der Waals surface area contributed by atoms with E-state index in [2.05, 4.69) is 6.92 Å². The number of hydrogen-bond acceptors (Lipinski definition) is 3. The number of ether oxygens (including phenoxy) is 2. The number of hydrogen-bond donors (Lipinski definition) is 1. The molecule has 1 unspecified atom stereocenters. The van der Waals surface area contributed by atoms with Crippen LogP contribution in [0.1, 0.15) is 37.9 Å². The Morgan fingerprint density at radius 1 is 1.29 bits per heavy atom. The van der Waals surface area contributed by atoms with Crippen LogP contribution in [0.3, 0.4) is 0 Å². The standard InChI is InChI=1S/C14H23NO2/c1-3-4-5-9-17-14(11-15)12-7-6-8-13(10-12)16-2/h6-8,10,14H,3-5,9,11,15H2,1-2H3. The second-order valence-electron chi connectivity index (χ2n) is 4.08. The van der Waals surface area contributed by atoms with Crippen LogP contribution < -0.4 is 10.5 Å². The Morgan fingerprint density at radius 2 is 2.12 bits per heavy atom. The predicted molar refractivity (Wildman–Crippen MR) is 70.3 cm³/mol. The van der Waals surface area contributed by atoms with Gasteiger partial charge in [-0.2, -0.15) is 0 Å². The summed E-state index contributed by atoms with van der Waals surface area (Å²) in [6.07, 6.45) is 3.48. The van der Waals surface area contributed by atoms with E-state index in [0.717, 1.165) is 24.3 Å². The highest BCUT2D eigenvalue weighted by Gasteiger charge is 2.10. The van der Waals surface area contributed by atoms with Gasteiger partial charge >= 0.3 is 0 Å². The van der Waals surface area contributed by atoms with Gasteiger partial charge < -0.3 is 15.2 Å².